The van der Waals surface area contributed by atoms with Gasteiger partial charge in [0.2, 0.25) is 5.91 Å². The Morgan fingerprint density at radius 1 is 1.19 bits per heavy atom. The van der Waals surface area contributed by atoms with Crippen LogP contribution < -0.4 is 5.32 Å². The number of benzene rings is 2. The number of carbonyl (C=O) groups excluding carboxylic acids is 2. The number of amides is 2. The number of fused-ring (bicyclic) bond motifs is 2. The molecule has 2 heterocycles. The lowest BCUT2D eigenvalue weighted by Gasteiger charge is -2.16. The summed E-state index contributed by atoms with van der Waals surface area (Å²) in [4.78, 5) is 30.0. The predicted octanol–water partition coefficient (Wildman–Crippen LogP) is 3.64. The van der Waals surface area contributed by atoms with Crippen LogP contribution in [0.25, 0.3) is 15.9 Å². The molecule has 4 rings (SSSR count). The quantitative estimate of drug-likeness (QED) is 0.765. The maximum Gasteiger partial charge on any atom is 0.259 e. The number of hydrogen-bond donors (Lipinski definition) is 1. The lowest BCUT2D eigenvalue weighted by molar-refractivity contribution is -0.116. The summed E-state index contributed by atoms with van der Waals surface area (Å²) in [5, 5.41) is 2.75. The number of hydrogen-bond acceptors (Lipinski definition) is 4. The minimum absolute atomic E-state index is 0.199. The normalized spacial score (nSPS) is 13.4. The molecular weight excluding hydrogens is 360 g/mol. The molecule has 0 unspecified atom stereocenters. The molecule has 0 saturated carbocycles. The highest BCUT2D eigenvalue weighted by Crippen LogP contribution is 2.31. The molecule has 5 nitrogen and oxygen atoms in total. The molecule has 0 fully saturated rings. The first-order valence-corrected chi connectivity index (χ1v) is 8.41. The molecule has 0 aliphatic carbocycles. The molecule has 0 saturated heterocycles. The van der Waals surface area contributed by atoms with E-state index in [1.807, 2.05) is 0 Å². The van der Waals surface area contributed by atoms with E-state index >= 15 is 0 Å². The average Bonchev–Trinajstić information content (AvgIpc) is 3.09. The van der Waals surface area contributed by atoms with Gasteiger partial charge in [-0.1, -0.05) is 36.1 Å². The molecule has 130 valence electrons. The van der Waals surface area contributed by atoms with Crippen molar-refractivity contribution in [2.45, 2.75) is 0 Å². The number of halogens is 2. The summed E-state index contributed by atoms with van der Waals surface area (Å²) in [5.74, 6) is -2.75. The summed E-state index contributed by atoms with van der Waals surface area (Å²) < 4.78 is 26.9. The zero-order valence-corrected chi connectivity index (χ0v) is 14.1. The minimum atomic E-state index is -1.00. The average molecular weight is 371 g/mol. The van der Waals surface area contributed by atoms with Crippen LogP contribution in [0.4, 0.5) is 13.9 Å². The zero-order valence-electron chi connectivity index (χ0n) is 13.3. The van der Waals surface area contributed by atoms with E-state index in [1.54, 1.807) is 24.3 Å². The molecule has 0 bridgehead atoms. The zero-order chi connectivity index (χ0) is 18.4. The predicted molar refractivity (Wildman–Crippen MR) is 94.7 cm³/mol. The molecule has 0 spiro atoms. The molecular formula is C18H11F2N3O2S. The Bertz CT molecular complexity index is 1020. The van der Waals surface area contributed by atoms with Gasteiger partial charge >= 0.3 is 0 Å². The Morgan fingerprint density at radius 2 is 1.88 bits per heavy atom. The Balaban J connectivity index is 1.51. The molecule has 1 aliphatic heterocycles. The van der Waals surface area contributed by atoms with Crippen LogP contribution in [0.5, 0.6) is 0 Å². The summed E-state index contributed by atoms with van der Waals surface area (Å²) in [6.07, 6.45) is 0. The molecule has 0 radical (unpaired) electrons. The Kier molecular flexibility index (Phi) is 3.77. The topological polar surface area (TPSA) is 62.3 Å². The van der Waals surface area contributed by atoms with Crippen molar-refractivity contribution in [3.8, 4) is 0 Å². The number of carbonyl (C=O) groups is 2. The van der Waals surface area contributed by atoms with Gasteiger partial charge in [-0.2, -0.15) is 0 Å². The fourth-order valence-corrected chi connectivity index (χ4v) is 3.67. The second kappa shape index (κ2) is 5.99. The van der Waals surface area contributed by atoms with Gasteiger partial charge in [0.05, 0.1) is 10.2 Å². The molecule has 26 heavy (non-hydrogen) atoms. The third-order valence-corrected chi connectivity index (χ3v) is 4.95. The lowest BCUT2D eigenvalue weighted by Crippen LogP contribution is -2.32. The first kappa shape index (κ1) is 16.3. The monoisotopic (exact) mass is 371 g/mol. The highest BCUT2D eigenvalue weighted by molar-refractivity contribution is 7.22. The first-order chi connectivity index (χ1) is 12.4. The molecule has 2 aromatic carbocycles. The van der Waals surface area contributed by atoms with Crippen LogP contribution in [0.3, 0.4) is 0 Å². The van der Waals surface area contributed by atoms with Gasteiger partial charge in [0.15, 0.2) is 16.8 Å². The third-order valence-electron chi connectivity index (χ3n) is 4.02. The molecule has 0 atom stereocenters. The van der Waals surface area contributed by atoms with Crippen LogP contribution in [0.2, 0.25) is 0 Å². The van der Waals surface area contributed by atoms with E-state index in [2.05, 4.69) is 16.9 Å². The summed E-state index contributed by atoms with van der Waals surface area (Å²) in [6.45, 7) is 3.64. The van der Waals surface area contributed by atoms with E-state index in [0.717, 1.165) is 23.5 Å². The van der Waals surface area contributed by atoms with Crippen LogP contribution in [0, 0.1) is 11.6 Å². The first-order valence-electron chi connectivity index (χ1n) is 7.59. The van der Waals surface area contributed by atoms with Crippen LogP contribution >= 0.6 is 11.3 Å². The van der Waals surface area contributed by atoms with Crippen LogP contribution in [0.15, 0.2) is 43.0 Å². The number of nitrogens with one attached hydrogen (secondary N) is 1. The van der Waals surface area contributed by atoms with Gasteiger partial charge in [-0.15, -0.1) is 0 Å². The van der Waals surface area contributed by atoms with Gasteiger partial charge in [-0.3, -0.25) is 14.5 Å². The molecule has 1 aliphatic rings. The van der Waals surface area contributed by atoms with Crippen molar-refractivity contribution in [3.63, 3.8) is 0 Å². The number of rotatable bonds is 3. The van der Waals surface area contributed by atoms with Crippen molar-refractivity contribution in [3.05, 3.63) is 65.7 Å². The lowest BCUT2D eigenvalue weighted by atomic mass is 10.1. The van der Waals surface area contributed by atoms with Crippen LogP contribution in [-0.4, -0.2) is 28.2 Å². The highest BCUT2D eigenvalue weighted by Gasteiger charge is 2.32. The summed E-state index contributed by atoms with van der Waals surface area (Å²) in [6, 6.07) is 8.98. The number of anilines is 1. The van der Waals surface area contributed by atoms with Crippen molar-refractivity contribution < 1.29 is 18.4 Å². The standard InChI is InChI=1S/C18H11F2N3O2S/c1-9-10-4-2-3-5-11(10)17(25)23(9)8-16(24)22-18-21-14-6-12(19)13(20)7-15(14)26-18/h2-7H,1,8H2,(H,21,22,24). The van der Waals surface area contributed by atoms with E-state index in [9.17, 15) is 18.4 Å². The largest absolute Gasteiger partial charge is 0.300 e. The van der Waals surface area contributed by atoms with E-state index < -0.39 is 17.5 Å². The molecule has 8 heteroatoms. The van der Waals surface area contributed by atoms with E-state index in [-0.39, 0.29) is 23.1 Å². The van der Waals surface area contributed by atoms with Crippen LogP contribution in [0.1, 0.15) is 15.9 Å². The van der Waals surface area contributed by atoms with E-state index in [4.69, 9.17) is 0 Å². The molecule has 3 aromatic rings. The second-order valence-corrected chi connectivity index (χ2v) is 6.72. The van der Waals surface area contributed by atoms with Gasteiger partial charge in [0.25, 0.3) is 5.91 Å². The van der Waals surface area contributed by atoms with Crippen molar-refractivity contribution in [1.29, 1.82) is 0 Å². The number of thiazole rings is 1. The second-order valence-electron chi connectivity index (χ2n) is 5.68. The number of nitrogens with zero attached hydrogens (tertiary/aromatic N) is 2. The SMILES string of the molecule is C=C1c2ccccc2C(=O)N1CC(=O)Nc1nc2cc(F)c(F)cc2s1. The van der Waals surface area contributed by atoms with E-state index in [1.165, 1.54) is 4.90 Å². The Morgan fingerprint density at radius 3 is 2.62 bits per heavy atom. The smallest absolute Gasteiger partial charge is 0.259 e. The Hall–Kier alpha value is -3.13. The number of aromatic nitrogens is 1. The van der Waals surface area contributed by atoms with Gasteiger partial charge in [0, 0.05) is 22.9 Å². The Labute approximate surface area is 150 Å². The summed E-state index contributed by atoms with van der Waals surface area (Å²) >= 11 is 1.02. The highest BCUT2D eigenvalue weighted by atomic mass is 32.1. The van der Waals surface area contributed by atoms with Gasteiger partial charge in [-0.05, 0) is 12.1 Å². The van der Waals surface area contributed by atoms with Crippen molar-refractivity contribution in [1.82, 2.24) is 9.88 Å². The maximum atomic E-state index is 13.3. The van der Waals surface area contributed by atoms with Gasteiger partial charge in [0.1, 0.15) is 6.54 Å². The van der Waals surface area contributed by atoms with Crippen molar-refractivity contribution >= 4 is 44.2 Å². The van der Waals surface area contributed by atoms with Crippen molar-refractivity contribution in [2.75, 3.05) is 11.9 Å². The summed E-state index contributed by atoms with van der Waals surface area (Å²) in [5.41, 5.74) is 1.89. The molecule has 1 N–H and O–H groups in total. The van der Waals surface area contributed by atoms with Gasteiger partial charge < -0.3 is 5.32 Å². The maximum absolute atomic E-state index is 13.3. The third kappa shape index (κ3) is 2.64. The molecule has 2 amide bonds. The summed E-state index contributed by atoms with van der Waals surface area (Å²) in [7, 11) is 0. The minimum Gasteiger partial charge on any atom is -0.300 e. The van der Waals surface area contributed by atoms with Crippen molar-refractivity contribution in [2.24, 2.45) is 0 Å². The van der Waals surface area contributed by atoms with Gasteiger partial charge in [-0.25, -0.2) is 13.8 Å². The fraction of sp³-hybridized carbons (Fsp3) is 0.0556. The van der Waals surface area contributed by atoms with Crippen LogP contribution in [-0.2, 0) is 4.79 Å². The molecule has 1 aromatic heterocycles. The fourth-order valence-electron chi connectivity index (χ4n) is 2.78. The van der Waals surface area contributed by atoms with E-state index in [0.29, 0.717) is 21.5 Å².